The van der Waals surface area contributed by atoms with E-state index in [0.717, 1.165) is 29.0 Å². The number of piperidine rings is 1. The highest BCUT2D eigenvalue weighted by Gasteiger charge is 2.35. The molecule has 5 rings (SSSR count). The Bertz CT molecular complexity index is 1460. The van der Waals surface area contributed by atoms with Crippen LogP contribution in [0.3, 0.4) is 0 Å². The van der Waals surface area contributed by atoms with Gasteiger partial charge in [0.25, 0.3) is 0 Å². The van der Waals surface area contributed by atoms with E-state index in [2.05, 4.69) is 5.10 Å². The summed E-state index contributed by atoms with van der Waals surface area (Å²) < 4.78 is 29.0. The number of aliphatic hydroxyl groups is 1. The van der Waals surface area contributed by atoms with E-state index in [4.69, 9.17) is 4.98 Å². The molecule has 0 amide bonds. The van der Waals surface area contributed by atoms with Crippen LogP contribution in [0, 0.1) is 18.6 Å². The maximum Gasteiger partial charge on any atom is 0.163 e. The van der Waals surface area contributed by atoms with Crippen molar-refractivity contribution in [2.45, 2.75) is 38.2 Å². The van der Waals surface area contributed by atoms with Gasteiger partial charge in [-0.2, -0.15) is 5.10 Å². The zero-order valence-corrected chi connectivity index (χ0v) is 21.5. The first-order valence-corrected chi connectivity index (χ1v) is 12.7. The number of aryl methyl sites for hydroxylation is 3. The van der Waals surface area contributed by atoms with E-state index in [1.54, 1.807) is 4.68 Å². The monoisotopic (exact) mass is 516 g/mol. The molecule has 1 aliphatic rings. The number of nitrogens with zero attached hydrogens (tertiary/aromatic N) is 4. The van der Waals surface area contributed by atoms with Crippen LogP contribution >= 0.6 is 0 Å². The van der Waals surface area contributed by atoms with Crippen molar-refractivity contribution in [3.05, 3.63) is 101 Å². The molecule has 196 valence electrons. The Morgan fingerprint density at radius 2 is 1.76 bits per heavy atom. The fourth-order valence-electron chi connectivity index (χ4n) is 5.05. The molecule has 1 aliphatic heterocycles. The highest BCUT2D eigenvalue weighted by molar-refractivity contribution is 5.98. The second-order valence-corrected chi connectivity index (χ2v) is 9.96. The molecule has 6 nitrogen and oxygen atoms in total. The number of halogens is 2. The Morgan fingerprint density at radius 1 is 1.03 bits per heavy atom. The molecular weight excluding hydrogens is 486 g/mol. The summed E-state index contributed by atoms with van der Waals surface area (Å²) in [5.74, 6) is -1.25. The smallest absolute Gasteiger partial charge is 0.163 e. The van der Waals surface area contributed by atoms with Gasteiger partial charge in [-0.15, -0.1) is 0 Å². The summed E-state index contributed by atoms with van der Waals surface area (Å²) in [4.78, 5) is 20.2. The quantitative estimate of drug-likeness (QED) is 0.335. The predicted molar refractivity (Wildman–Crippen MR) is 142 cm³/mol. The molecular formula is C30H30F2N4O2. The molecule has 3 heterocycles. The summed E-state index contributed by atoms with van der Waals surface area (Å²) >= 11 is 0. The first kappa shape index (κ1) is 25.7. The molecule has 1 saturated heterocycles. The van der Waals surface area contributed by atoms with Crippen LogP contribution < -0.4 is 4.90 Å². The summed E-state index contributed by atoms with van der Waals surface area (Å²) in [5, 5.41) is 15.6. The van der Waals surface area contributed by atoms with Gasteiger partial charge in [0.05, 0.1) is 17.0 Å². The summed E-state index contributed by atoms with van der Waals surface area (Å²) in [6.45, 7) is 2.79. The lowest BCUT2D eigenvalue weighted by atomic mass is 9.84. The lowest BCUT2D eigenvalue weighted by molar-refractivity contribution is 0.0113. The van der Waals surface area contributed by atoms with Crippen molar-refractivity contribution in [3.63, 3.8) is 0 Å². The molecule has 0 atom stereocenters. The number of ketones is 1. The number of rotatable bonds is 7. The van der Waals surface area contributed by atoms with Crippen LogP contribution in [-0.2, 0) is 19.1 Å². The molecule has 0 aliphatic carbocycles. The average Bonchev–Trinajstić information content (AvgIpc) is 3.27. The van der Waals surface area contributed by atoms with Gasteiger partial charge in [0, 0.05) is 43.9 Å². The van der Waals surface area contributed by atoms with E-state index in [9.17, 15) is 18.7 Å². The van der Waals surface area contributed by atoms with Gasteiger partial charge in [0.1, 0.15) is 5.82 Å². The van der Waals surface area contributed by atoms with Crippen molar-refractivity contribution in [2.75, 3.05) is 18.0 Å². The molecule has 2 aromatic carbocycles. The van der Waals surface area contributed by atoms with Crippen molar-refractivity contribution in [2.24, 2.45) is 7.05 Å². The largest absolute Gasteiger partial charge is 0.385 e. The van der Waals surface area contributed by atoms with Crippen LogP contribution in [0.1, 0.15) is 46.4 Å². The number of aromatic nitrogens is 3. The zero-order valence-electron chi connectivity index (χ0n) is 21.5. The molecule has 2 aromatic heterocycles. The summed E-state index contributed by atoms with van der Waals surface area (Å²) in [6, 6.07) is 17.1. The topological polar surface area (TPSA) is 71.2 Å². The van der Waals surface area contributed by atoms with Gasteiger partial charge in [-0.05, 0) is 61.6 Å². The number of carbonyl (C=O) groups excluding carboxylic acids is 1. The maximum absolute atomic E-state index is 13.8. The standard InChI is InChI=1S/C30H30F2N4O2/c1-20-24(19-35(2)34-20)27-16-22(28(37)11-8-21-6-4-3-5-7-21)17-29(33-27)36-14-12-30(38,13-15-36)23-9-10-25(31)26(32)18-23/h3-7,9-10,16-19,38H,8,11-15H2,1-2H3. The summed E-state index contributed by atoms with van der Waals surface area (Å²) in [7, 11) is 1.84. The van der Waals surface area contributed by atoms with Gasteiger partial charge in [0.2, 0.25) is 0 Å². The number of benzene rings is 2. The Balaban J connectivity index is 1.41. The average molecular weight is 517 g/mol. The first-order valence-electron chi connectivity index (χ1n) is 12.7. The molecule has 38 heavy (non-hydrogen) atoms. The molecule has 1 N–H and O–H groups in total. The molecule has 8 heteroatoms. The Labute approximate surface area is 220 Å². The van der Waals surface area contributed by atoms with E-state index in [1.807, 2.05) is 67.5 Å². The summed E-state index contributed by atoms with van der Waals surface area (Å²) in [6.07, 6.45) is 3.52. The molecule has 4 aromatic rings. The van der Waals surface area contributed by atoms with Crippen LogP contribution in [0.2, 0.25) is 0 Å². The van der Waals surface area contributed by atoms with E-state index >= 15 is 0 Å². The van der Waals surface area contributed by atoms with Gasteiger partial charge in [-0.3, -0.25) is 9.48 Å². The minimum Gasteiger partial charge on any atom is -0.385 e. The first-order chi connectivity index (χ1) is 18.2. The van der Waals surface area contributed by atoms with Crippen LogP contribution in [0.4, 0.5) is 14.6 Å². The second-order valence-electron chi connectivity index (χ2n) is 9.96. The second kappa shape index (κ2) is 10.5. The lowest BCUT2D eigenvalue weighted by Gasteiger charge is -2.39. The van der Waals surface area contributed by atoms with Crippen molar-refractivity contribution < 1.29 is 18.7 Å². The van der Waals surface area contributed by atoms with E-state index in [0.29, 0.717) is 61.4 Å². The Hall–Kier alpha value is -3.91. The van der Waals surface area contributed by atoms with Gasteiger partial charge in [-0.25, -0.2) is 13.8 Å². The fourth-order valence-corrected chi connectivity index (χ4v) is 5.05. The molecule has 1 fully saturated rings. The number of anilines is 1. The number of hydrogen-bond acceptors (Lipinski definition) is 5. The Kier molecular flexibility index (Phi) is 7.08. The van der Waals surface area contributed by atoms with Crippen LogP contribution in [0.25, 0.3) is 11.3 Å². The highest BCUT2D eigenvalue weighted by atomic mass is 19.2. The normalized spacial score (nSPS) is 15.0. The predicted octanol–water partition coefficient (Wildman–Crippen LogP) is 5.37. The van der Waals surface area contributed by atoms with Gasteiger partial charge < -0.3 is 10.0 Å². The van der Waals surface area contributed by atoms with E-state index < -0.39 is 17.2 Å². The Morgan fingerprint density at radius 3 is 2.42 bits per heavy atom. The third-order valence-corrected chi connectivity index (χ3v) is 7.28. The molecule has 0 saturated carbocycles. The number of pyridine rings is 1. The van der Waals surface area contributed by atoms with Crippen LogP contribution in [-0.4, -0.2) is 38.7 Å². The number of Topliss-reactive ketones (excluding diaryl/α,β-unsaturated/α-hetero) is 1. The summed E-state index contributed by atoms with van der Waals surface area (Å²) in [5.41, 5.74) is 3.10. The van der Waals surface area contributed by atoms with Crippen molar-refractivity contribution in [3.8, 4) is 11.3 Å². The third-order valence-electron chi connectivity index (χ3n) is 7.28. The van der Waals surface area contributed by atoms with Gasteiger partial charge in [-0.1, -0.05) is 36.4 Å². The molecule has 0 unspecified atom stereocenters. The van der Waals surface area contributed by atoms with Gasteiger partial charge >= 0.3 is 0 Å². The van der Waals surface area contributed by atoms with E-state index in [1.165, 1.54) is 6.07 Å². The minimum atomic E-state index is -1.27. The fraction of sp³-hybridized carbons (Fsp3) is 0.300. The highest BCUT2D eigenvalue weighted by Crippen LogP contribution is 2.36. The molecule has 0 bridgehead atoms. The van der Waals surface area contributed by atoms with Crippen LogP contribution in [0.5, 0.6) is 0 Å². The van der Waals surface area contributed by atoms with Crippen molar-refractivity contribution in [1.82, 2.24) is 14.8 Å². The van der Waals surface area contributed by atoms with Gasteiger partial charge in [0.15, 0.2) is 17.4 Å². The molecule has 0 radical (unpaired) electrons. The molecule has 0 spiro atoms. The third kappa shape index (κ3) is 5.36. The maximum atomic E-state index is 13.8. The van der Waals surface area contributed by atoms with E-state index in [-0.39, 0.29) is 5.78 Å². The van der Waals surface area contributed by atoms with Crippen LogP contribution in [0.15, 0.2) is 66.9 Å². The number of carbonyl (C=O) groups is 1. The lowest BCUT2D eigenvalue weighted by Crippen LogP contribution is -2.43. The van der Waals surface area contributed by atoms with Crippen molar-refractivity contribution >= 4 is 11.6 Å². The minimum absolute atomic E-state index is 0.0237. The number of hydrogen-bond donors (Lipinski definition) is 1. The zero-order chi connectivity index (χ0) is 26.9. The SMILES string of the molecule is Cc1nn(C)cc1-c1cc(C(=O)CCc2ccccc2)cc(N2CCC(O)(c3ccc(F)c(F)c3)CC2)n1. The van der Waals surface area contributed by atoms with Crippen molar-refractivity contribution in [1.29, 1.82) is 0 Å².